The van der Waals surface area contributed by atoms with Gasteiger partial charge in [-0.05, 0) is 61.2 Å². The van der Waals surface area contributed by atoms with E-state index in [1.165, 1.54) is 6.07 Å². The normalized spacial score (nSPS) is 13.4. The number of carbonyl (C=O) groups excluding carboxylic acids is 1. The first-order valence-corrected chi connectivity index (χ1v) is 10.6. The maximum atomic E-state index is 12.8. The lowest BCUT2D eigenvalue weighted by Gasteiger charge is -2.18. The molecule has 2 amide bonds. The molecule has 0 unspecified atom stereocenters. The van der Waals surface area contributed by atoms with Crippen molar-refractivity contribution in [3.63, 3.8) is 0 Å². The number of hydrogen-bond donors (Lipinski definition) is 2. The third kappa shape index (κ3) is 4.20. The first kappa shape index (κ1) is 19.5. The molecule has 0 radical (unpaired) electrons. The van der Waals surface area contributed by atoms with E-state index >= 15 is 0 Å². The quantitative estimate of drug-likeness (QED) is 0.788. The molecule has 1 heterocycles. The van der Waals surface area contributed by atoms with Crippen LogP contribution in [0.5, 0.6) is 0 Å². The highest BCUT2D eigenvalue weighted by Crippen LogP contribution is 2.31. The van der Waals surface area contributed by atoms with Crippen molar-refractivity contribution >= 4 is 39.0 Å². The Labute approximate surface area is 164 Å². The van der Waals surface area contributed by atoms with Crippen LogP contribution in [0.3, 0.4) is 0 Å². The van der Waals surface area contributed by atoms with E-state index in [0.29, 0.717) is 30.2 Å². The molecular formula is C19H22ClN3O3S. The van der Waals surface area contributed by atoms with Crippen LogP contribution in [0.4, 0.5) is 16.2 Å². The lowest BCUT2D eigenvalue weighted by atomic mass is 10.2. The molecule has 0 aliphatic carbocycles. The number of rotatable bonds is 5. The third-order valence-electron chi connectivity index (χ3n) is 4.47. The number of carbonyl (C=O) groups is 1. The maximum Gasteiger partial charge on any atom is 0.321 e. The smallest absolute Gasteiger partial charge is 0.321 e. The fraction of sp³-hybridized carbons (Fsp3) is 0.316. The van der Waals surface area contributed by atoms with Crippen LogP contribution in [0.2, 0.25) is 5.02 Å². The van der Waals surface area contributed by atoms with E-state index in [9.17, 15) is 13.2 Å². The molecule has 0 bridgehead atoms. The van der Waals surface area contributed by atoms with Crippen molar-refractivity contribution in [2.75, 3.05) is 22.7 Å². The highest BCUT2D eigenvalue weighted by molar-refractivity contribution is 7.92. The molecule has 8 heteroatoms. The molecule has 2 aromatic carbocycles. The van der Waals surface area contributed by atoms with Crippen LogP contribution < -0.4 is 14.9 Å². The number of anilines is 2. The molecule has 0 spiro atoms. The lowest BCUT2D eigenvalue weighted by molar-refractivity contribution is 0.247. The molecule has 0 aromatic heterocycles. The number of halogens is 1. The summed E-state index contributed by atoms with van der Waals surface area (Å²) < 4.78 is 28.1. The highest BCUT2D eigenvalue weighted by Gasteiger charge is 2.26. The van der Waals surface area contributed by atoms with Crippen LogP contribution in [0, 0.1) is 6.92 Å². The number of amides is 2. The highest BCUT2D eigenvalue weighted by atomic mass is 35.5. The second-order valence-electron chi connectivity index (χ2n) is 6.49. The number of sulfonamides is 1. The number of nitrogens with zero attached hydrogens (tertiary/aromatic N) is 1. The third-order valence-corrected chi connectivity index (χ3v) is 6.07. The Morgan fingerprint density at radius 2 is 2.00 bits per heavy atom. The molecule has 0 atom stereocenters. The summed E-state index contributed by atoms with van der Waals surface area (Å²) in [4.78, 5) is 14.0. The maximum absolute atomic E-state index is 12.8. The molecular weight excluding hydrogens is 386 g/mol. The van der Waals surface area contributed by atoms with Crippen molar-refractivity contribution in [1.29, 1.82) is 0 Å². The minimum Gasteiger partial charge on any atom is -0.338 e. The van der Waals surface area contributed by atoms with Gasteiger partial charge in [0, 0.05) is 23.8 Å². The topological polar surface area (TPSA) is 78.5 Å². The van der Waals surface area contributed by atoms with Gasteiger partial charge in [-0.15, -0.1) is 0 Å². The molecule has 6 nitrogen and oxygen atoms in total. The Morgan fingerprint density at radius 3 is 2.74 bits per heavy atom. The average Bonchev–Trinajstić information content (AvgIpc) is 3.06. The van der Waals surface area contributed by atoms with Gasteiger partial charge >= 0.3 is 6.03 Å². The van der Waals surface area contributed by atoms with Crippen molar-refractivity contribution in [3.05, 3.63) is 52.5 Å². The summed E-state index contributed by atoms with van der Waals surface area (Å²) in [5.74, 6) is 0. The van der Waals surface area contributed by atoms with Gasteiger partial charge in [0.05, 0.1) is 10.6 Å². The summed E-state index contributed by atoms with van der Waals surface area (Å²) in [6, 6.07) is 9.74. The van der Waals surface area contributed by atoms with Gasteiger partial charge in [-0.1, -0.05) is 24.6 Å². The molecule has 0 saturated heterocycles. The molecule has 144 valence electrons. The summed E-state index contributed by atoms with van der Waals surface area (Å²) in [5.41, 5.74) is 2.82. The second kappa shape index (κ2) is 7.78. The zero-order valence-electron chi connectivity index (χ0n) is 15.3. The van der Waals surface area contributed by atoms with Crippen LogP contribution in [0.1, 0.15) is 24.5 Å². The standard InChI is InChI=1S/C19H22ClN3O3S/c1-3-9-21-19(24)23-10-8-14-11-16(6-7-18(14)23)27(25,26)22-17-12-15(20)5-4-13(17)2/h4-7,11-12,22H,3,8-10H2,1-2H3,(H,21,24). The van der Waals surface area contributed by atoms with Crippen molar-refractivity contribution in [2.45, 2.75) is 31.6 Å². The van der Waals surface area contributed by atoms with Crippen LogP contribution in [-0.4, -0.2) is 27.5 Å². The Hall–Kier alpha value is -2.25. The predicted octanol–water partition coefficient (Wildman–Crippen LogP) is 3.93. The molecule has 0 saturated carbocycles. The summed E-state index contributed by atoms with van der Waals surface area (Å²) in [6.45, 7) is 4.95. The molecule has 2 aromatic rings. The molecule has 1 aliphatic rings. The second-order valence-corrected chi connectivity index (χ2v) is 8.61. The summed E-state index contributed by atoms with van der Waals surface area (Å²) in [5, 5.41) is 3.31. The van der Waals surface area contributed by atoms with E-state index in [1.807, 2.05) is 13.8 Å². The van der Waals surface area contributed by atoms with E-state index in [0.717, 1.165) is 23.2 Å². The summed E-state index contributed by atoms with van der Waals surface area (Å²) in [7, 11) is -3.75. The van der Waals surface area contributed by atoms with Crippen molar-refractivity contribution in [1.82, 2.24) is 5.32 Å². The minimum atomic E-state index is -3.75. The number of urea groups is 1. The Morgan fingerprint density at radius 1 is 1.22 bits per heavy atom. The number of fused-ring (bicyclic) bond motifs is 1. The van der Waals surface area contributed by atoms with Gasteiger partial charge in [-0.3, -0.25) is 9.62 Å². The largest absolute Gasteiger partial charge is 0.338 e. The van der Waals surface area contributed by atoms with Crippen LogP contribution in [-0.2, 0) is 16.4 Å². The number of aryl methyl sites for hydroxylation is 1. The van der Waals surface area contributed by atoms with Gasteiger partial charge < -0.3 is 5.32 Å². The van der Waals surface area contributed by atoms with Crippen LogP contribution >= 0.6 is 11.6 Å². The molecule has 3 rings (SSSR count). The Bertz CT molecular complexity index is 976. The Kier molecular flexibility index (Phi) is 5.62. The zero-order chi connectivity index (χ0) is 19.6. The minimum absolute atomic E-state index is 0.154. The van der Waals surface area contributed by atoms with E-state index in [1.54, 1.807) is 35.2 Å². The number of nitrogens with one attached hydrogen (secondary N) is 2. The molecule has 0 fully saturated rings. The Balaban J connectivity index is 1.84. The first-order valence-electron chi connectivity index (χ1n) is 8.79. The van der Waals surface area contributed by atoms with Gasteiger partial charge in [-0.2, -0.15) is 0 Å². The molecule has 1 aliphatic heterocycles. The van der Waals surface area contributed by atoms with Gasteiger partial charge in [0.1, 0.15) is 0 Å². The van der Waals surface area contributed by atoms with E-state index in [2.05, 4.69) is 10.0 Å². The summed E-state index contributed by atoms with van der Waals surface area (Å²) >= 11 is 5.97. The van der Waals surface area contributed by atoms with Gasteiger partial charge in [0.15, 0.2) is 0 Å². The van der Waals surface area contributed by atoms with Crippen molar-refractivity contribution in [3.8, 4) is 0 Å². The zero-order valence-corrected chi connectivity index (χ0v) is 16.8. The lowest BCUT2D eigenvalue weighted by Crippen LogP contribution is -2.39. The molecule has 27 heavy (non-hydrogen) atoms. The fourth-order valence-electron chi connectivity index (χ4n) is 2.99. The van der Waals surface area contributed by atoms with E-state index in [4.69, 9.17) is 11.6 Å². The number of hydrogen-bond acceptors (Lipinski definition) is 3. The molecule has 2 N–H and O–H groups in total. The van der Waals surface area contributed by atoms with Gasteiger partial charge in [0.25, 0.3) is 10.0 Å². The summed E-state index contributed by atoms with van der Waals surface area (Å²) in [6.07, 6.45) is 1.48. The van der Waals surface area contributed by atoms with E-state index < -0.39 is 10.0 Å². The van der Waals surface area contributed by atoms with Crippen molar-refractivity contribution < 1.29 is 13.2 Å². The van der Waals surface area contributed by atoms with Gasteiger partial charge in [0.2, 0.25) is 0 Å². The number of benzene rings is 2. The fourth-order valence-corrected chi connectivity index (χ4v) is 4.34. The first-order chi connectivity index (χ1) is 12.8. The monoisotopic (exact) mass is 407 g/mol. The predicted molar refractivity (Wildman–Crippen MR) is 108 cm³/mol. The average molecular weight is 408 g/mol. The van der Waals surface area contributed by atoms with Crippen molar-refractivity contribution in [2.24, 2.45) is 0 Å². The van der Waals surface area contributed by atoms with Crippen LogP contribution in [0.25, 0.3) is 0 Å². The van der Waals surface area contributed by atoms with E-state index in [-0.39, 0.29) is 10.9 Å². The van der Waals surface area contributed by atoms with Crippen LogP contribution in [0.15, 0.2) is 41.3 Å². The van der Waals surface area contributed by atoms with Gasteiger partial charge in [-0.25, -0.2) is 13.2 Å². The SMILES string of the molecule is CCCNC(=O)N1CCc2cc(S(=O)(=O)Nc3cc(Cl)ccc3C)ccc21.